The zero-order valence-electron chi connectivity index (χ0n) is 21.3. The predicted molar refractivity (Wildman–Crippen MR) is 145 cm³/mol. The van der Waals surface area contributed by atoms with Crippen LogP contribution in [0.15, 0.2) is 94.8 Å². The maximum absolute atomic E-state index is 13.6. The van der Waals surface area contributed by atoms with E-state index in [9.17, 15) is 22.8 Å². The van der Waals surface area contributed by atoms with Gasteiger partial charge in [0.05, 0.1) is 29.8 Å². The van der Waals surface area contributed by atoms with Crippen LogP contribution >= 0.6 is 0 Å². The number of hydrogen-bond donors (Lipinski definition) is 0. The van der Waals surface area contributed by atoms with Crippen molar-refractivity contribution in [1.29, 1.82) is 0 Å². The molecule has 0 aliphatic rings. The highest BCUT2D eigenvalue weighted by atomic mass is 19.4. The molecule has 0 aliphatic heterocycles. The van der Waals surface area contributed by atoms with Crippen molar-refractivity contribution in [3.8, 4) is 17.1 Å². The molecule has 4 aromatic carbocycles. The van der Waals surface area contributed by atoms with Crippen molar-refractivity contribution >= 4 is 33.9 Å². The smallest absolute Gasteiger partial charge is 0.416 e. The van der Waals surface area contributed by atoms with Gasteiger partial charge < -0.3 is 9.47 Å². The molecule has 1 atom stereocenters. The number of hydrogen-bond acceptors (Lipinski definition) is 6. The first-order valence-corrected chi connectivity index (χ1v) is 12.2. The van der Waals surface area contributed by atoms with Crippen LogP contribution in [0.4, 0.5) is 13.2 Å². The zero-order valence-corrected chi connectivity index (χ0v) is 21.3. The van der Waals surface area contributed by atoms with E-state index in [1.54, 1.807) is 30.3 Å². The van der Waals surface area contributed by atoms with Gasteiger partial charge in [-0.1, -0.05) is 54.6 Å². The van der Waals surface area contributed by atoms with Crippen LogP contribution in [0.5, 0.6) is 5.75 Å². The summed E-state index contributed by atoms with van der Waals surface area (Å²) < 4.78 is 52.1. The Balaban J connectivity index is 1.72. The number of alkyl halides is 3. The standard InChI is InChI=1S/C30H22F3N3O4/c1-18(29(38)39-2)40-26-15-14-19-8-3-4-11-22(19)24(26)17-34-36-27(20-9-7-10-21(16-20)30(31,32)33)35-25-13-6-5-12-23(25)28(36)37/h3-18H,1-2H3/t18-/m0/s1. The van der Waals surface area contributed by atoms with E-state index in [0.717, 1.165) is 22.2 Å². The maximum atomic E-state index is 13.6. The van der Waals surface area contributed by atoms with Gasteiger partial charge in [0.1, 0.15) is 5.75 Å². The number of halogens is 3. The van der Waals surface area contributed by atoms with Gasteiger partial charge in [0.2, 0.25) is 0 Å². The third-order valence-corrected chi connectivity index (χ3v) is 6.27. The largest absolute Gasteiger partial charge is 0.478 e. The molecule has 1 aromatic heterocycles. The molecule has 0 bridgehead atoms. The van der Waals surface area contributed by atoms with E-state index in [4.69, 9.17) is 9.47 Å². The summed E-state index contributed by atoms with van der Waals surface area (Å²) in [4.78, 5) is 30.1. The van der Waals surface area contributed by atoms with E-state index in [0.29, 0.717) is 22.2 Å². The predicted octanol–water partition coefficient (Wildman–Crippen LogP) is 6.06. The monoisotopic (exact) mass is 545 g/mol. The fraction of sp³-hybridized carbons (Fsp3) is 0.133. The Kier molecular flexibility index (Phi) is 7.08. The summed E-state index contributed by atoms with van der Waals surface area (Å²) >= 11 is 0. The van der Waals surface area contributed by atoms with Crippen molar-refractivity contribution in [1.82, 2.24) is 9.66 Å². The molecule has 0 unspecified atom stereocenters. The Bertz CT molecular complexity index is 1830. The molecule has 5 aromatic rings. The van der Waals surface area contributed by atoms with Crippen molar-refractivity contribution in [2.75, 3.05) is 7.11 Å². The number of benzene rings is 4. The lowest BCUT2D eigenvalue weighted by Gasteiger charge is -2.16. The van der Waals surface area contributed by atoms with Gasteiger partial charge >= 0.3 is 12.1 Å². The molecule has 0 radical (unpaired) electrons. The normalized spacial score (nSPS) is 12.6. The molecular weight excluding hydrogens is 523 g/mol. The summed E-state index contributed by atoms with van der Waals surface area (Å²) in [5.41, 5.74) is -0.635. The van der Waals surface area contributed by atoms with Crippen LogP contribution in [-0.4, -0.2) is 35.1 Å². The third-order valence-electron chi connectivity index (χ3n) is 6.27. The van der Waals surface area contributed by atoms with Gasteiger partial charge in [0, 0.05) is 11.1 Å². The molecule has 0 fully saturated rings. The zero-order chi connectivity index (χ0) is 28.4. The van der Waals surface area contributed by atoms with Gasteiger partial charge in [0.15, 0.2) is 11.9 Å². The number of rotatable bonds is 6. The average Bonchev–Trinajstić information content (AvgIpc) is 2.96. The second-order valence-corrected chi connectivity index (χ2v) is 8.87. The number of carbonyl (C=O) groups excluding carboxylic acids is 1. The SMILES string of the molecule is COC(=O)[C@H](C)Oc1ccc2ccccc2c1C=Nn1c(-c2cccc(C(F)(F)F)c2)nc2ccccc2c1=O. The average molecular weight is 546 g/mol. The van der Waals surface area contributed by atoms with Gasteiger partial charge in [-0.15, -0.1) is 0 Å². The number of carbonyl (C=O) groups is 1. The van der Waals surface area contributed by atoms with Gasteiger partial charge in [-0.25, -0.2) is 9.78 Å². The molecule has 10 heteroatoms. The minimum Gasteiger partial charge on any atom is -0.478 e. The van der Waals surface area contributed by atoms with Crippen molar-refractivity contribution < 1.29 is 27.4 Å². The van der Waals surface area contributed by atoms with E-state index in [1.807, 2.05) is 30.3 Å². The van der Waals surface area contributed by atoms with E-state index < -0.39 is 29.4 Å². The molecular formula is C30H22F3N3O4. The van der Waals surface area contributed by atoms with Crippen molar-refractivity contribution in [3.05, 3.63) is 106 Å². The number of methoxy groups -OCH3 is 1. The van der Waals surface area contributed by atoms with Crippen LogP contribution in [0.2, 0.25) is 0 Å². The number of para-hydroxylation sites is 1. The molecule has 0 aliphatic carbocycles. The van der Waals surface area contributed by atoms with Crippen LogP contribution < -0.4 is 10.3 Å². The van der Waals surface area contributed by atoms with Crippen LogP contribution in [0, 0.1) is 0 Å². The molecule has 0 saturated heterocycles. The summed E-state index contributed by atoms with van der Waals surface area (Å²) in [7, 11) is 1.25. The van der Waals surface area contributed by atoms with E-state index >= 15 is 0 Å². The van der Waals surface area contributed by atoms with Crippen LogP contribution in [0.1, 0.15) is 18.1 Å². The second kappa shape index (κ2) is 10.6. The minimum absolute atomic E-state index is 0.0588. The highest BCUT2D eigenvalue weighted by Crippen LogP contribution is 2.32. The Morgan fingerprint density at radius 3 is 2.45 bits per heavy atom. The molecule has 5 rings (SSSR count). The third kappa shape index (κ3) is 5.15. The fourth-order valence-electron chi connectivity index (χ4n) is 4.28. The molecule has 202 valence electrons. The number of ether oxygens (including phenoxy) is 2. The maximum Gasteiger partial charge on any atom is 0.416 e. The summed E-state index contributed by atoms with van der Waals surface area (Å²) in [6, 6.07) is 21.9. The summed E-state index contributed by atoms with van der Waals surface area (Å²) in [6.07, 6.45) is -4.16. The Morgan fingerprint density at radius 2 is 1.70 bits per heavy atom. The Labute approximate surface area is 226 Å². The van der Waals surface area contributed by atoms with Crippen molar-refractivity contribution in [2.45, 2.75) is 19.2 Å². The number of esters is 1. The minimum atomic E-state index is -4.59. The highest BCUT2D eigenvalue weighted by molar-refractivity contribution is 6.02. The Hall–Kier alpha value is -4.99. The van der Waals surface area contributed by atoms with Crippen LogP contribution in [0.3, 0.4) is 0 Å². The van der Waals surface area contributed by atoms with Gasteiger partial charge in [-0.05, 0) is 48.0 Å². The highest BCUT2D eigenvalue weighted by Gasteiger charge is 2.31. The quantitative estimate of drug-likeness (QED) is 0.191. The summed E-state index contributed by atoms with van der Waals surface area (Å²) in [5, 5.41) is 6.21. The molecule has 1 heterocycles. The molecule has 0 amide bonds. The van der Waals surface area contributed by atoms with Crippen LogP contribution in [0.25, 0.3) is 33.1 Å². The Morgan fingerprint density at radius 1 is 0.975 bits per heavy atom. The van der Waals surface area contributed by atoms with Gasteiger partial charge in [-0.2, -0.15) is 22.9 Å². The topological polar surface area (TPSA) is 82.8 Å². The summed E-state index contributed by atoms with van der Waals surface area (Å²) in [5.74, 6) is -0.364. The molecule has 0 spiro atoms. The lowest BCUT2D eigenvalue weighted by molar-refractivity contribution is -0.147. The second-order valence-electron chi connectivity index (χ2n) is 8.87. The van der Waals surface area contributed by atoms with E-state index in [-0.39, 0.29) is 16.8 Å². The first-order valence-electron chi connectivity index (χ1n) is 12.2. The van der Waals surface area contributed by atoms with Crippen molar-refractivity contribution in [3.63, 3.8) is 0 Å². The molecule has 7 nitrogen and oxygen atoms in total. The number of aromatic nitrogens is 2. The molecule has 0 saturated carbocycles. The molecule has 0 N–H and O–H groups in total. The fourth-order valence-corrected chi connectivity index (χ4v) is 4.28. The van der Waals surface area contributed by atoms with Crippen LogP contribution in [-0.2, 0) is 15.7 Å². The summed E-state index contributed by atoms with van der Waals surface area (Å²) in [6.45, 7) is 1.53. The lowest BCUT2D eigenvalue weighted by atomic mass is 10.0. The first-order chi connectivity index (χ1) is 19.2. The molecule has 40 heavy (non-hydrogen) atoms. The number of nitrogens with zero attached hydrogens (tertiary/aromatic N) is 3. The van der Waals surface area contributed by atoms with Crippen molar-refractivity contribution in [2.24, 2.45) is 5.10 Å². The first kappa shape index (κ1) is 26.6. The lowest BCUT2D eigenvalue weighted by Crippen LogP contribution is -2.25. The van der Waals surface area contributed by atoms with Gasteiger partial charge in [0.25, 0.3) is 5.56 Å². The number of fused-ring (bicyclic) bond motifs is 2. The van der Waals surface area contributed by atoms with E-state index in [2.05, 4.69) is 10.1 Å². The van der Waals surface area contributed by atoms with E-state index in [1.165, 1.54) is 32.4 Å². The van der Waals surface area contributed by atoms with Gasteiger partial charge in [-0.3, -0.25) is 4.79 Å².